The van der Waals surface area contributed by atoms with E-state index in [9.17, 15) is 4.79 Å². The van der Waals surface area contributed by atoms with E-state index in [1.807, 2.05) is 20.8 Å². The standard InChI is InChI=1S/C13H25NO2/c1-5-6-11(2)12(15)13(3,4)14-7-9-16-10-8-14/h11H,5-10H2,1-4H3. The molecule has 0 bridgehead atoms. The lowest BCUT2D eigenvalue weighted by Crippen LogP contribution is -2.55. The number of carbonyl (C=O) groups is 1. The Hall–Kier alpha value is -0.410. The molecule has 1 fully saturated rings. The summed E-state index contributed by atoms with van der Waals surface area (Å²) in [6.45, 7) is 11.5. The van der Waals surface area contributed by atoms with Gasteiger partial charge in [-0.15, -0.1) is 0 Å². The van der Waals surface area contributed by atoms with Crippen molar-refractivity contribution in [3.8, 4) is 0 Å². The third-order valence-electron chi connectivity index (χ3n) is 3.57. The van der Waals surface area contributed by atoms with E-state index in [4.69, 9.17) is 4.74 Å². The summed E-state index contributed by atoms with van der Waals surface area (Å²) < 4.78 is 5.33. The van der Waals surface area contributed by atoms with Gasteiger partial charge in [-0.3, -0.25) is 9.69 Å². The number of hydrogen-bond acceptors (Lipinski definition) is 3. The van der Waals surface area contributed by atoms with Crippen LogP contribution in [-0.2, 0) is 9.53 Å². The Balaban J connectivity index is 2.63. The summed E-state index contributed by atoms with van der Waals surface area (Å²) in [5.74, 6) is 0.541. The van der Waals surface area contributed by atoms with Gasteiger partial charge in [0.25, 0.3) is 0 Å². The minimum atomic E-state index is -0.335. The summed E-state index contributed by atoms with van der Waals surface area (Å²) in [5.41, 5.74) is -0.335. The van der Waals surface area contributed by atoms with Crippen molar-refractivity contribution >= 4 is 5.78 Å². The highest BCUT2D eigenvalue weighted by Crippen LogP contribution is 2.23. The molecule has 1 unspecified atom stereocenters. The molecule has 0 aromatic heterocycles. The predicted octanol–water partition coefficient (Wildman–Crippen LogP) is 2.10. The third kappa shape index (κ3) is 3.05. The van der Waals surface area contributed by atoms with Gasteiger partial charge >= 0.3 is 0 Å². The normalized spacial score (nSPS) is 20.8. The quantitative estimate of drug-likeness (QED) is 0.720. The molecule has 0 amide bonds. The zero-order valence-electron chi connectivity index (χ0n) is 11.1. The molecule has 1 saturated heterocycles. The fraction of sp³-hybridized carbons (Fsp3) is 0.923. The van der Waals surface area contributed by atoms with Gasteiger partial charge < -0.3 is 4.74 Å². The van der Waals surface area contributed by atoms with Gasteiger partial charge in [0.2, 0.25) is 0 Å². The van der Waals surface area contributed by atoms with Gasteiger partial charge in [0.15, 0.2) is 5.78 Å². The van der Waals surface area contributed by atoms with Crippen LogP contribution in [0.5, 0.6) is 0 Å². The first-order valence-corrected chi connectivity index (χ1v) is 6.37. The lowest BCUT2D eigenvalue weighted by Gasteiger charge is -2.40. The topological polar surface area (TPSA) is 29.5 Å². The number of nitrogens with zero attached hydrogens (tertiary/aromatic N) is 1. The molecule has 0 aromatic carbocycles. The summed E-state index contributed by atoms with van der Waals surface area (Å²) >= 11 is 0. The van der Waals surface area contributed by atoms with Crippen LogP contribution in [0.15, 0.2) is 0 Å². The van der Waals surface area contributed by atoms with Crippen molar-refractivity contribution in [1.29, 1.82) is 0 Å². The predicted molar refractivity (Wildman–Crippen MR) is 65.6 cm³/mol. The van der Waals surface area contributed by atoms with Crippen molar-refractivity contribution in [2.45, 2.75) is 46.1 Å². The van der Waals surface area contributed by atoms with Crippen molar-refractivity contribution in [2.24, 2.45) is 5.92 Å². The number of ether oxygens (including phenoxy) is 1. The molecule has 1 aliphatic heterocycles. The first kappa shape index (κ1) is 13.7. The van der Waals surface area contributed by atoms with E-state index in [2.05, 4.69) is 11.8 Å². The highest BCUT2D eigenvalue weighted by molar-refractivity contribution is 5.89. The van der Waals surface area contributed by atoms with Crippen LogP contribution >= 0.6 is 0 Å². The molecule has 94 valence electrons. The summed E-state index contributed by atoms with van der Waals surface area (Å²) in [5, 5.41) is 0. The molecule has 1 atom stereocenters. The molecule has 3 nitrogen and oxygen atoms in total. The molecule has 0 aliphatic carbocycles. The number of Topliss-reactive ketones (excluding diaryl/α,β-unsaturated/α-hetero) is 1. The van der Waals surface area contributed by atoms with Crippen LogP contribution in [0, 0.1) is 5.92 Å². The molecule has 0 spiro atoms. The maximum Gasteiger partial charge on any atom is 0.155 e. The number of rotatable bonds is 5. The second-order valence-corrected chi connectivity index (χ2v) is 5.21. The molecule has 0 N–H and O–H groups in total. The van der Waals surface area contributed by atoms with E-state index < -0.39 is 0 Å². The Morgan fingerprint density at radius 1 is 1.38 bits per heavy atom. The van der Waals surface area contributed by atoms with Gasteiger partial charge in [-0.05, 0) is 20.3 Å². The molecule has 0 saturated carbocycles. The Kier molecular flexibility index (Phi) is 4.93. The zero-order chi connectivity index (χ0) is 12.2. The van der Waals surface area contributed by atoms with Gasteiger partial charge in [-0.2, -0.15) is 0 Å². The summed E-state index contributed by atoms with van der Waals surface area (Å²) in [7, 11) is 0. The lowest BCUT2D eigenvalue weighted by molar-refractivity contribution is -0.136. The molecule has 16 heavy (non-hydrogen) atoms. The maximum absolute atomic E-state index is 12.4. The largest absolute Gasteiger partial charge is 0.379 e. The average Bonchev–Trinajstić information content (AvgIpc) is 2.29. The van der Waals surface area contributed by atoms with E-state index in [1.165, 1.54) is 0 Å². The fourth-order valence-electron chi connectivity index (χ4n) is 2.45. The second-order valence-electron chi connectivity index (χ2n) is 5.21. The SMILES string of the molecule is CCCC(C)C(=O)C(C)(C)N1CCOCC1. The van der Waals surface area contributed by atoms with Gasteiger partial charge in [-0.1, -0.05) is 20.3 Å². The van der Waals surface area contributed by atoms with Gasteiger partial charge in [-0.25, -0.2) is 0 Å². The van der Waals surface area contributed by atoms with Crippen LogP contribution in [0.2, 0.25) is 0 Å². The lowest BCUT2D eigenvalue weighted by atomic mass is 9.86. The first-order chi connectivity index (χ1) is 7.50. The van der Waals surface area contributed by atoms with Crippen LogP contribution in [-0.4, -0.2) is 42.5 Å². The van der Waals surface area contributed by atoms with Crippen molar-refractivity contribution < 1.29 is 9.53 Å². The Labute approximate surface area is 99.1 Å². The maximum atomic E-state index is 12.4. The van der Waals surface area contributed by atoms with Gasteiger partial charge in [0.05, 0.1) is 18.8 Å². The molecular weight excluding hydrogens is 202 g/mol. The minimum Gasteiger partial charge on any atom is -0.379 e. The van der Waals surface area contributed by atoms with Crippen LogP contribution in [0.25, 0.3) is 0 Å². The molecule has 0 radical (unpaired) electrons. The van der Waals surface area contributed by atoms with Crippen LogP contribution in [0.1, 0.15) is 40.5 Å². The fourth-order valence-corrected chi connectivity index (χ4v) is 2.45. The Bertz CT molecular complexity index is 232. The van der Waals surface area contributed by atoms with Crippen molar-refractivity contribution in [1.82, 2.24) is 4.90 Å². The third-order valence-corrected chi connectivity index (χ3v) is 3.57. The molecular formula is C13H25NO2. The zero-order valence-corrected chi connectivity index (χ0v) is 11.1. The number of morpholine rings is 1. The number of ketones is 1. The summed E-state index contributed by atoms with van der Waals surface area (Å²) in [4.78, 5) is 14.6. The van der Waals surface area contributed by atoms with E-state index >= 15 is 0 Å². The average molecular weight is 227 g/mol. The van der Waals surface area contributed by atoms with E-state index in [0.717, 1.165) is 39.1 Å². The summed E-state index contributed by atoms with van der Waals surface area (Å²) in [6, 6.07) is 0. The smallest absolute Gasteiger partial charge is 0.155 e. The summed E-state index contributed by atoms with van der Waals surface area (Å²) in [6.07, 6.45) is 2.07. The van der Waals surface area contributed by atoms with Gasteiger partial charge in [0, 0.05) is 19.0 Å². The monoisotopic (exact) mass is 227 g/mol. The Morgan fingerprint density at radius 3 is 2.44 bits per heavy atom. The van der Waals surface area contributed by atoms with Gasteiger partial charge in [0.1, 0.15) is 0 Å². The highest BCUT2D eigenvalue weighted by Gasteiger charge is 2.37. The molecule has 3 heteroatoms. The molecule has 1 rings (SSSR count). The van der Waals surface area contributed by atoms with E-state index in [-0.39, 0.29) is 11.5 Å². The minimum absolute atomic E-state index is 0.169. The van der Waals surface area contributed by atoms with Crippen LogP contribution in [0.4, 0.5) is 0 Å². The molecule has 0 aromatic rings. The Morgan fingerprint density at radius 2 is 1.94 bits per heavy atom. The van der Waals surface area contributed by atoms with Crippen molar-refractivity contribution in [3.05, 3.63) is 0 Å². The van der Waals surface area contributed by atoms with Crippen LogP contribution < -0.4 is 0 Å². The van der Waals surface area contributed by atoms with E-state index in [0.29, 0.717) is 5.78 Å². The molecule has 1 heterocycles. The van der Waals surface area contributed by atoms with Crippen LogP contribution in [0.3, 0.4) is 0 Å². The number of hydrogen-bond donors (Lipinski definition) is 0. The molecule has 1 aliphatic rings. The van der Waals surface area contributed by atoms with Crippen molar-refractivity contribution in [3.63, 3.8) is 0 Å². The second kappa shape index (κ2) is 5.78. The van der Waals surface area contributed by atoms with E-state index in [1.54, 1.807) is 0 Å². The first-order valence-electron chi connectivity index (χ1n) is 6.37. The van der Waals surface area contributed by atoms with Crippen molar-refractivity contribution in [2.75, 3.05) is 26.3 Å². The number of carbonyl (C=O) groups excluding carboxylic acids is 1. The highest BCUT2D eigenvalue weighted by atomic mass is 16.5.